The van der Waals surface area contributed by atoms with Gasteiger partial charge < -0.3 is 0 Å². The van der Waals surface area contributed by atoms with Crippen molar-refractivity contribution in [2.75, 3.05) is 11.5 Å². The van der Waals surface area contributed by atoms with Crippen LogP contribution in [0.3, 0.4) is 0 Å². The Balaban J connectivity index is 2.17. The van der Waals surface area contributed by atoms with E-state index in [1.807, 2.05) is 16.4 Å². The van der Waals surface area contributed by atoms with Gasteiger partial charge in [0.25, 0.3) is 0 Å². The highest BCUT2D eigenvalue weighted by Gasteiger charge is 2.20. The fourth-order valence-electron chi connectivity index (χ4n) is 0.989. The number of nitrogens with zero attached hydrogens (tertiary/aromatic N) is 2. The molecule has 4 heteroatoms. The van der Waals surface area contributed by atoms with Crippen molar-refractivity contribution in [3.05, 3.63) is 18.0 Å². The Labute approximate surface area is 68.8 Å². The lowest BCUT2D eigenvalue weighted by molar-refractivity contribution is 0.112. The van der Waals surface area contributed by atoms with Crippen LogP contribution >= 0.6 is 11.8 Å². The topological polar surface area (TPSA) is 34.9 Å². The molecule has 1 saturated heterocycles. The van der Waals surface area contributed by atoms with E-state index in [0.29, 0.717) is 11.6 Å². The van der Waals surface area contributed by atoms with Gasteiger partial charge in [-0.25, -0.2) is 0 Å². The van der Waals surface area contributed by atoms with E-state index in [4.69, 9.17) is 0 Å². The van der Waals surface area contributed by atoms with Gasteiger partial charge in [-0.1, -0.05) is 0 Å². The second kappa shape index (κ2) is 2.70. The van der Waals surface area contributed by atoms with E-state index < -0.39 is 0 Å². The maximum absolute atomic E-state index is 10.3. The van der Waals surface area contributed by atoms with Gasteiger partial charge in [0.15, 0.2) is 6.29 Å². The first-order valence-corrected chi connectivity index (χ1v) is 4.62. The molecule has 58 valence electrons. The van der Waals surface area contributed by atoms with Crippen LogP contribution in [0.25, 0.3) is 0 Å². The van der Waals surface area contributed by atoms with E-state index in [1.54, 1.807) is 12.4 Å². The van der Waals surface area contributed by atoms with Gasteiger partial charge in [-0.05, 0) is 0 Å². The third-order valence-corrected chi connectivity index (χ3v) is 2.99. The minimum atomic E-state index is 0.522. The summed E-state index contributed by atoms with van der Waals surface area (Å²) in [5, 5.41) is 4.08. The van der Waals surface area contributed by atoms with E-state index >= 15 is 0 Å². The Kier molecular flexibility index (Phi) is 1.69. The first kappa shape index (κ1) is 6.91. The van der Waals surface area contributed by atoms with Crippen molar-refractivity contribution < 1.29 is 4.79 Å². The molecule has 0 aromatic carbocycles. The number of thioether (sulfide) groups is 1. The van der Waals surface area contributed by atoms with Gasteiger partial charge >= 0.3 is 0 Å². The first-order valence-electron chi connectivity index (χ1n) is 3.47. The zero-order valence-electron chi connectivity index (χ0n) is 5.93. The predicted octanol–water partition coefficient (Wildman–Crippen LogP) is 0.984. The SMILES string of the molecule is O=Cc1cnn(C2CSC2)c1. The maximum atomic E-state index is 10.3. The molecule has 3 nitrogen and oxygen atoms in total. The smallest absolute Gasteiger partial charge is 0.153 e. The van der Waals surface area contributed by atoms with Gasteiger partial charge in [0, 0.05) is 17.7 Å². The normalized spacial score (nSPS) is 17.8. The van der Waals surface area contributed by atoms with E-state index in [0.717, 1.165) is 17.8 Å². The summed E-state index contributed by atoms with van der Waals surface area (Å²) < 4.78 is 1.88. The molecule has 1 aromatic heterocycles. The minimum Gasteiger partial charge on any atom is -0.298 e. The molecule has 1 fully saturated rings. The largest absolute Gasteiger partial charge is 0.298 e. The molecule has 0 saturated carbocycles. The Morgan fingerprint density at radius 1 is 1.73 bits per heavy atom. The van der Waals surface area contributed by atoms with E-state index in [-0.39, 0.29) is 0 Å². The predicted molar refractivity (Wildman–Crippen MR) is 44.0 cm³/mol. The molecule has 11 heavy (non-hydrogen) atoms. The number of hydrogen-bond acceptors (Lipinski definition) is 3. The average Bonchev–Trinajstić information content (AvgIpc) is 2.32. The van der Waals surface area contributed by atoms with Crippen molar-refractivity contribution in [1.29, 1.82) is 0 Å². The van der Waals surface area contributed by atoms with Crippen LogP contribution in [0.5, 0.6) is 0 Å². The summed E-state index contributed by atoms with van der Waals surface area (Å²) in [5.41, 5.74) is 0.668. The Hall–Kier alpha value is -0.770. The lowest BCUT2D eigenvalue weighted by atomic mass is 10.3. The molecule has 0 bridgehead atoms. The summed E-state index contributed by atoms with van der Waals surface area (Å²) in [6.07, 6.45) is 4.24. The Bertz CT molecular complexity index is 267. The second-order valence-electron chi connectivity index (χ2n) is 2.56. The first-order chi connectivity index (χ1) is 5.40. The summed E-state index contributed by atoms with van der Waals surface area (Å²) in [7, 11) is 0. The van der Waals surface area contributed by atoms with Crippen LogP contribution < -0.4 is 0 Å². The summed E-state index contributed by atoms with van der Waals surface area (Å²) in [5.74, 6) is 2.25. The number of rotatable bonds is 2. The fourth-order valence-corrected chi connectivity index (χ4v) is 1.74. The van der Waals surface area contributed by atoms with Gasteiger partial charge in [0.2, 0.25) is 0 Å². The number of hydrogen-bond donors (Lipinski definition) is 0. The van der Waals surface area contributed by atoms with E-state index in [9.17, 15) is 4.79 Å². The van der Waals surface area contributed by atoms with Crippen LogP contribution in [0, 0.1) is 0 Å². The van der Waals surface area contributed by atoms with Gasteiger partial charge in [0.1, 0.15) is 0 Å². The van der Waals surface area contributed by atoms with Crippen LogP contribution in [0.15, 0.2) is 12.4 Å². The molecule has 0 N–H and O–H groups in total. The molecule has 0 unspecified atom stereocenters. The molecule has 1 aliphatic heterocycles. The van der Waals surface area contributed by atoms with Crippen molar-refractivity contribution in [2.45, 2.75) is 6.04 Å². The Morgan fingerprint density at radius 2 is 2.55 bits per heavy atom. The molecule has 0 amide bonds. The standard InChI is InChI=1S/C7H8N2OS/c10-3-6-1-8-9(2-6)7-4-11-5-7/h1-3,7H,4-5H2. The molecule has 0 aliphatic carbocycles. The highest BCUT2D eigenvalue weighted by Crippen LogP contribution is 2.28. The number of aromatic nitrogens is 2. The average molecular weight is 168 g/mol. The Morgan fingerprint density at radius 3 is 3.00 bits per heavy atom. The van der Waals surface area contributed by atoms with Crippen molar-refractivity contribution in [1.82, 2.24) is 9.78 Å². The lowest BCUT2D eigenvalue weighted by Crippen LogP contribution is -2.22. The summed E-state index contributed by atoms with van der Waals surface area (Å²) in [6.45, 7) is 0. The molecule has 0 atom stereocenters. The summed E-state index contributed by atoms with van der Waals surface area (Å²) in [4.78, 5) is 10.3. The van der Waals surface area contributed by atoms with Gasteiger partial charge in [-0.15, -0.1) is 0 Å². The molecule has 0 radical (unpaired) electrons. The van der Waals surface area contributed by atoms with Crippen LogP contribution in [0.1, 0.15) is 16.4 Å². The quantitative estimate of drug-likeness (QED) is 0.617. The highest BCUT2D eigenvalue weighted by atomic mass is 32.2. The molecule has 0 spiro atoms. The lowest BCUT2D eigenvalue weighted by Gasteiger charge is -2.24. The highest BCUT2D eigenvalue weighted by molar-refractivity contribution is 8.00. The van der Waals surface area contributed by atoms with Gasteiger partial charge in [-0.2, -0.15) is 16.9 Å². The van der Waals surface area contributed by atoms with Crippen molar-refractivity contribution in [3.63, 3.8) is 0 Å². The number of aldehydes is 1. The van der Waals surface area contributed by atoms with Crippen molar-refractivity contribution in [2.24, 2.45) is 0 Å². The fraction of sp³-hybridized carbons (Fsp3) is 0.429. The van der Waals surface area contributed by atoms with E-state index in [2.05, 4.69) is 5.10 Å². The van der Waals surface area contributed by atoms with Crippen LogP contribution in [0.2, 0.25) is 0 Å². The molecule has 1 aliphatic rings. The van der Waals surface area contributed by atoms with Gasteiger partial charge in [-0.3, -0.25) is 9.48 Å². The third-order valence-electron chi connectivity index (χ3n) is 1.75. The summed E-state index contributed by atoms with van der Waals surface area (Å²) >= 11 is 1.91. The molecular formula is C7H8N2OS. The van der Waals surface area contributed by atoms with Crippen molar-refractivity contribution in [3.8, 4) is 0 Å². The second-order valence-corrected chi connectivity index (χ2v) is 3.64. The molecule has 1 aromatic rings. The van der Waals surface area contributed by atoms with Crippen molar-refractivity contribution >= 4 is 18.0 Å². The van der Waals surface area contributed by atoms with Gasteiger partial charge in [0.05, 0.1) is 17.8 Å². The molecular weight excluding hydrogens is 160 g/mol. The maximum Gasteiger partial charge on any atom is 0.153 e. The van der Waals surface area contributed by atoms with Crippen LogP contribution in [-0.2, 0) is 0 Å². The number of carbonyl (C=O) groups is 1. The molecule has 2 heterocycles. The number of carbonyl (C=O) groups excluding carboxylic acids is 1. The van der Waals surface area contributed by atoms with Crippen LogP contribution in [-0.4, -0.2) is 27.6 Å². The third kappa shape index (κ3) is 1.18. The summed E-state index contributed by atoms with van der Waals surface area (Å²) in [6, 6.07) is 0.522. The zero-order chi connectivity index (χ0) is 7.68. The van der Waals surface area contributed by atoms with Crippen LogP contribution in [0.4, 0.5) is 0 Å². The molecule has 2 rings (SSSR count). The zero-order valence-corrected chi connectivity index (χ0v) is 6.75. The monoisotopic (exact) mass is 168 g/mol. The minimum absolute atomic E-state index is 0.522. The van der Waals surface area contributed by atoms with E-state index in [1.165, 1.54) is 0 Å².